The molecule has 130 valence electrons. The molecular weight excluding hydrogens is 308 g/mol. The number of hydrazine groups is 1. The second-order valence-electron chi connectivity index (χ2n) is 6.02. The number of likely N-dealkylation sites (N-methyl/N-ethyl adjacent to an activating group) is 1. The molecule has 2 heterocycles. The Kier molecular flexibility index (Phi) is 4.64. The van der Waals surface area contributed by atoms with Gasteiger partial charge in [0.2, 0.25) is 0 Å². The number of fused-ring (bicyclic) bond motifs is 1. The van der Waals surface area contributed by atoms with Crippen molar-refractivity contribution in [1.29, 1.82) is 0 Å². The first-order valence-corrected chi connectivity index (χ1v) is 8.19. The van der Waals surface area contributed by atoms with Crippen LogP contribution in [0.15, 0.2) is 30.0 Å². The van der Waals surface area contributed by atoms with Crippen molar-refractivity contribution in [3.8, 4) is 0 Å². The zero-order chi connectivity index (χ0) is 17.3. The van der Waals surface area contributed by atoms with E-state index in [0.717, 1.165) is 37.4 Å². The van der Waals surface area contributed by atoms with Crippen LogP contribution in [-0.4, -0.2) is 67.8 Å². The molecule has 0 spiro atoms. The lowest BCUT2D eigenvalue weighted by Crippen LogP contribution is -2.48. The van der Waals surface area contributed by atoms with E-state index in [0.29, 0.717) is 10.9 Å². The first kappa shape index (κ1) is 16.6. The van der Waals surface area contributed by atoms with Crippen LogP contribution in [0, 0.1) is 5.21 Å². The molecule has 0 unspecified atom stereocenters. The quantitative estimate of drug-likeness (QED) is 0.774. The molecule has 0 bridgehead atoms. The summed E-state index contributed by atoms with van der Waals surface area (Å²) in [5.41, 5.74) is 2.40. The molecule has 0 atom stereocenters. The number of ether oxygens (including phenoxy) is 1. The van der Waals surface area contributed by atoms with E-state index in [-0.39, 0.29) is 12.3 Å². The van der Waals surface area contributed by atoms with Crippen LogP contribution in [0.25, 0.3) is 5.70 Å². The van der Waals surface area contributed by atoms with Gasteiger partial charge in [0.25, 0.3) is 0 Å². The Labute approximate surface area is 142 Å². The van der Waals surface area contributed by atoms with Gasteiger partial charge in [-0.3, -0.25) is 5.01 Å². The normalized spacial score (nSPS) is 18.8. The zero-order valence-electron chi connectivity index (χ0n) is 14.4. The molecule has 7 heteroatoms. The van der Waals surface area contributed by atoms with Gasteiger partial charge in [-0.25, -0.2) is 4.79 Å². The Balaban J connectivity index is 2.12. The highest BCUT2D eigenvalue weighted by atomic mass is 16.6. The van der Waals surface area contributed by atoms with Crippen LogP contribution in [0.4, 0.5) is 5.69 Å². The fourth-order valence-electron chi connectivity index (χ4n) is 3.15. The molecule has 24 heavy (non-hydrogen) atoms. The lowest BCUT2D eigenvalue weighted by atomic mass is 10.0. The molecule has 0 aromatic heterocycles. The SMILES string of the molecule is CCOC(=O)C1=C(N2CCN(C)CC2)c2ccccc2N(C)N1[O-]. The maximum Gasteiger partial charge on any atom is 0.357 e. The van der Waals surface area contributed by atoms with Crippen molar-refractivity contribution in [2.45, 2.75) is 6.92 Å². The highest BCUT2D eigenvalue weighted by Gasteiger charge is 2.33. The fourth-order valence-corrected chi connectivity index (χ4v) is 3.15. The molecule has 3 rings (SSSR count). The Morgan fingerprint density at radius 2 is 1.83 bits per heavy atom. The Morgan fingerprint density at radius 3 is 2.50 bits per heavy atom. The monoisotopic (exact) mass is 331 g/mol. The van der Waals surface area contributed by atoms with E-state index in [1.165, 1.54) is 5.01 Å². The number of hydrogen-bond acceptors (Lipinski definition) is 7. The fraction of sp³-hybridized carbons (Fsp3) is 0.471. The highest BCUT2D eigenvalue weighted by Crippen LogP contribution is 2.38. The van der Waals surface area contributed by atoms with Gasteiger partial charge in [-0.1, -0.05) is 18.2 Å². The predicted octanol–water partition coefficient (Wildman–Crippen LogP) is 1.33. The molecule has 7 nitrogen and oxygen atoms in total. The van der Waals surface area contributed by atoms with Crippen LogP contribution < -0.4 is 5.01 Å². The largest absolute Gasteiger partial charge is 0.738 e. The third kappa shape index (κ3) is 2.81. The molecule has 2 aliphatic heterocycles. The summed E-state index contributed by atoms with van der Waals surface area (Å²) >= 11 is 0. The number of benzene rings is 1. The van der Waals surface area contributed by atoms with Gasteiger partial charge in [0.05, 0.1) is 18.0 Å². The molecule has 1 aromatic carbocycles. The predicted molar refractivity (Wildman–Crippen MR) is 92.7 cm³/mol. The van der Waals surface area contributed by atoms with Gasteiger partial charge < -0.3 is 24.9 Å². The van der Waals surface area contributed by atoms with Gasteiger partial charge >= 0.3 is 5.97 Å². The minimum Gasteiger partial charge on any atom is -0.738 e. The first-order valence-electron chi connectivity index (χ1n) is 8.19. The van der Waals surface area contributed by atoms with Gasteiger partial charge in [-0.05, 0) is 20.0 Å². The van der Waals surface area contributed by atoms with E-state index in [4.69, 9.17) is 4.74 Å². The topological polar surface area (TPSA) is 62.3 Å². The lowest BCUT2D eigenvalue weighted by Gasteiger charge is -2.48. The minimum absolute atomic E-state index is 0.0580. The molecule has 0 N–H and O–H groups in total. The summed E-state index contributed by atoms with van der Waals surface area (Å²) in [7, 11) is 3.73. The van der Waals surface area contributed by atoms with Crippen molar-refractivity contribution in [1.82, 2.24) is 15.0 Å². The number of para-hydroxylation sites is 1. The summed E-state index contributed by atoms with van der Waals surface area (Å²) in [5.74, 6) is -0.581. The molecular formula is C17H23N4O3-. The number of piperazine rings is 1. The molecule has 1 saturated heterocycles. The van der Waals surface area contributed by atoms with Crippen molar-refractivity contribution >= 4 is 17.4 Å². The second-order valence-corrected chi connectivity index (χ2v) is 6.02. The molecule has 1 aromatic rings. The van der Waals surface area contributed by atoms with E-state index < -0.39 is 5.97 Å². The van der Waals surface area contributed by atoms with Crippen LogP contribution in [-0.2, 0) is 9.53 Å². The van der Waals surface area contributed by atoms with E-state index >= 15 is 0 Å². The summed E-state index contributed by atoms with van der Waals surface area (Å²) in [6, 6.07) is 7.65. The average molecular weight is 331 g/mol. The third-order valence-corrected chi connectivity index (χ3v) is 4.48. The molecule has 0 radical (unpaired) electrons. The van der Waals surface area contributed by atoms with E-state index in [2.05, 4.69) is 16.8 Å². The van der Waals surface area contributed by atoms with Gasteiger partial charge in [0, 0.05) is 38.8 Å². The van der Waals surface area contributed by atoms with Crippen LogP contribution in [0.3, 0.4) is 0 Å². The standard InChI is InChI=1S/C17H23N4O3/c1-4-24-17(22)16-15(20-11-9-18(2)10-12-20)13-7-5-6-8-14(13)19(3)21(16)23/h5-8H,4,9-12H2,1-3H3/q-1. The minimum atomic E-state index is -0.581. The van der Waals surface area contributed by atoms with Crippen molar-refractivity contribution in [3.05, 3.63) is 40.7 Å². The number of esters is 1. The lowest BCUT2D eigenvalue weighted by molar-refractivity contribution is -0.140. The van der Waals surface area contributed by atoms with Gasteiger partial charge in [0.1, 0.15) is 0 Å². The molecule has 0 saturated carbocycles. The third-order valence-electron chi connectivity index (χ3n) is 4.48. The van der Waals surface area contributed by atoms with Gasteiger partial charge in [-0.15, -0.1) is 0 Å². The summed E-state index contributed by atoms with van der Waals surface area (Å²) in [6.07, 6.45) is 0. The number of anilines is 1. The highest BCUT2D eigenvalue weighted by molar-refractivity contribution is 6.00. The Morgan fingerprint density at radius 1 is 1.17 bits per heavy atom. The maximum atomic E-state index is 12.8. The summed E-state index contributed by atoms with van der Waals surface area (Å²) in [6.45, 7) is 5.27. The summed E-state index contributed by atoms with van der Waals surface area (Å²) < 4.78 is 5.16. The smallest absolute Gasteiger partial charge is 0.357 e. The number of nitrogens with zero attached hydrogens (tertiary/aromatic N) is 4. The Bertz CT molecular complexity index is 653. The zero-order valence-corrected chi connectivity index (χ0v) is 14.4. The molecule has 0 aliphatic carbocycles. The van der Waals surface area contributed by atoms with E-state index in [1.54, 1.807) is 14.0 Å². The molecule has 0 amide bonds. The number of hydroxylamine groups is 1. The second kappa shape index (κ2) is 6.70. The van der Waals surface area contributed by atoms with Crippen molar-refractivity contribution in [2.24, 2.45) is 0 Å². The molecule has 1 fully saturated rings. The van der Waals surface area contributed by atoms with E-state index in [1.807, 2.05) is 24.3 Å². The van der Waals surface area contributed by atoms with Crippen molar-refractivity contribution in [2.75, 3.05) is 51.9 Å². The summed E-state index contributed by atoms with van der Waals surface area (Å²) in [5, 5.41) is 14.9. The Hall–Kier alpha value is -2.25. The van der Waals surface area contributed by atoms with Crippen molar-refractivity contribution < 1.29 is 9.53 Å². The average Bonchev–Trinajstić information content (AvgIpc) is 2.59. The van der Waals surface area contributed by atoms with Crippen LogP contribution in [0.1, 0.15) is 12.5 Å². The first-order chi connectivity index (χ1) is 11.5. The number of hydrogen-bond donors (Lipinski definition) is 0. The summed E-state index contributed by atoms with van der Waals surface area (Å²) in [4.78, 5) is 16.8. The number of carbonyl (C=O) groups excluding carboxylic acids is 1. The number of rotatable bonds is 3. The van der Waals surface area contributed by atoms with Crippen molar-refractivity contribution in [3.63, 3.8) is 0 Å². The molecule has 2 aliphatic rings. The van der Waals surface area contributed by atoms with Crippen LogP contribution >= 0.6 is 0 Å². The number of carbonyl (C=O) groups is 1. The maximum absolute atomic E-state index is 12.8. The van der Waals surface area contributed by atoms with E-state index in [9.17, 15) is 10.0 Å². The van der Waals surface area contributed by atoms with Crippen LogP contribution in [0.2, 0.25) is 0 Å². The van der Waals surface area contributed by atoms with Gasteiger partial charge in [0.15, 0.2) is 5.70 Å². The van der Waals surface area contributed by atoms with Gasteiger partial charge in [-0.2, -0.15) is 0 Å². The van der Waals surface area contributed by atoms with Crippen LogP contribution in [0.5, 0.6) is 0 Å².